The maximum absolute atomic E-state index is 14.2. The van der Waals surface area contributed by atoms with Crippen molar-refractivity contribution in [1.29, 1.82) is 0 Å². The third kappa shape index (κ3) is 9.46. The summed E-state index contributed by atoms with van der Waals surface area (Å²) in [5.74, 6) is -0.480. The number of anilines is 1. The van der Waals surface area contributed by atoms with Gasteiger partial charge in [-0.3, -0.25) is 13.9 Å². The minimum absolute atomic E-state index is 0.152. The molecule has 0 spiro atoms. The van der Waals surface area contributed by atoms with Crippen LogP contribution in [0.5, 0.6) is 0 Å². The van der Waals surface area contributed by atoms with Gasteiger partial charge < -0.3 is 10.2 Å². The van der Waals surface area contributed by atoms with Crippen molar-refractivity contribution in [3.05, 3.63) is 101 Å². The number of aryl methyl sites for hydroxylation is 1. The molecular formula is C33H43N3O4S. The molecule has 0 saturated heterocycles. The topological polar surface area (TPSA) is 86.8 Å². The zero-order chi connectivity index (χ0) is 30.4. The number of benzene rings is 3. The number of hydrogen-bond donors (Lipinski definition) is 1. The van der Waals surface area contributed by atoms with Crippen LogP contribution in [0, 0.1) is 6.92 Å². The smallest absolute Gasteiger partial charge is 0.244 e. The summed E-state index contributed by atoms with van der Waals surface area (Å²) in [7, 11) is -3.81. The summed E-state index contributed by atoms with van der Waals surface area (Å²) in [6, 6.07) is 23.6. The van der Waals surface area contributed by atoms with Crippen LogP contribution in [0.3, 0.4) is 0 Å². The van der Waals surface area contributed by atoms with E-state index >= 15 is 0 Å². The second-order valence-corrected chi connectivity index (χ2v) is 13.9. The molecule has 0 aliphatic heterocycles. The van der Waals surface area contributed by atoms with E-state index in [1.54, 1.807) is 12.1 Å². The van der Waals surface area contributed by atoms with Crippen molar-refractivity contribution in [2.45, 2.75) is 72.0 Å². The van der Waals surface area contributed by atoms with E-state index in [-0.39, 0.29) is 24.8 Å². The summed E-state index contributed by atoms with van der Waals surface area (Å²) >= 11 is 0. The first kappa shape index (κ1) is 31.9. The normalized spacial score (nSPS) is 12.6. The van der Waals surface area contributed by atoms with Crippen LogP contribution in [0.2, 0.25) is 0 Å². The lowest BCUT2D eigenvalue weighted by Gasteiger charge is -2.35. The number of rotatable bonds is 11. The van der Waals surface area contributed by atoms with Gasteiger partial charge in [0.05, 0.1) is 11.9 Å². The number of nitrogens with one attached hydrogen (secondary N) is 1. The van der Waals surface area contributed by atoms with Crippen LogP contribution < -0.4 is 9.62 Å². The highest BCUT2D eigenvalue weighted by Gasteiger charge is 2.34. The summed E-state index contributed by atoms with van der Waals surface area (Å²) in [5.41, 5.74) is 3.72. The summed E-state index contributed by atoms with van der Waals surface area (Å²) in [5, 5.41) is 3.04. The average molecular weight is 578 g/mol. The molecule has 3 aromatic carbocycles. The predicted octanol–water partition coefficient (Wildman–Crippen LogP) is 5.44. The van der Waals surface area contributed by atoms with Gasteiger partial charge in [-0.05, 0) is 62.4 Å². The van der Waals surface area contributed by atoms with Crippen LogP contribution in [0.4, 0.5) is 5.69 Å². The fraction of sp³-hybridized carbons (Fsp3) is 0.394. The van der Waals surface area contributed by atoms with Crippen LogP contribution in [0.1, 0.15) is 62.8 Å². The molecule has 7 nitrogen and oxygen atoms in total. The van der Waals surface area contributed by atoms with Crippen molar-refractivity contribution in [1.82, 2.24) is 10.2 Å². The second kappa shape index (κ2) is 13.3. The Bertz CT molecular complexity index is 1430. The van der Waals surface area contributed by atoms with E-state index in [0.29, 0.717) is 5.69 Å². The van der Waals surface area contributed by atoms with Crippen molar-refractivity contribution in [2.24, 2.45) is 0 Å². The summed E-state index contributed by atoms with van der Waals surface area (Å²) in [4.78, 5) is 29.5. The lowest BCUT2D eigenvalue weighted by Crippen LogP contribution is -2.56. The monoisotopic (exact) mass is 577 g/mol. The zero-order valence-electron chi connectivity index (χ0n) is 25.2. The van der Waals surface area contributed by atoms with Crippen LogP contribution >= 0.6 is 0 Å². The molecule has 0 aromatic heterocycles. The molecule has 0 unspecified atom stereocenters. The van der Waals surface area contributed by atoms with Crippen molar-refractivity contribution in [2.75, 3.05) is 17.1 Å². The molecule has 1 N–H and O–H groups in total. The van der Waals surface area contributed by atoms with Gasteiger partial charge >= 0.3 is 0 Å². The van der Waals surface area contributed by atoms with Gasteiger partial charge in [0.1, 0.15) is 12.6 Å². The standard InChI is InChI=1S/C33H43N3O4S/c1-24(2)28-16-18-29(19-17-28)36(41(7,39)40)23-31(37)35(22-27-15-11-12-25(3)20-27)30(32(38)34-33(4,5)6)21-26-13-9-8-10-14-26/h8-20,24,30H,21-23H2,1-7H3,(H,34,38)/t30-/m0/s1. The van der Waals surface area contributed by atoms with Gasteiger partial charge in [0.2, 0.25) is 21.8 Å². The molecule has 0 bridgehead atoms. The summed E-state index contributed by atoms with van der Waals surface area (Å²) in [6.07, 6.45) is 1.37. The van der Waals surface area contributed by atoms with E-state index in [1.165, 1.54) is 4.90 Å². The maximum atomic E-state index is 14.2. The van der Waals surface area contributed by atoms with Crippen LogP contribution in [0.25, 0.3) is 0 Å². The maximum Gasteiger partial charge on any atom is 0.244 e. The van der Waals surface area contributed by atoms with Crippen molar-refractivity contribution in [3.8, 4) is 0 Å². The minimum atomic E-state index is -3.81. The summed E-state index contributed by atoms with van der Waals surface area (Å²) < 4.78 is 27.1. The van der Waals surface area contributed by atoms with Gasteiger partial charge in [-0.15, -0.1) is 0 Å². The SMILES string of the molecule is Cc1cccc(CN(C(=O)CN(c2ccc(C(C)C)cc2)S(C)(=O)=O)[C@@H](Cc2ccccc2)C(=O)NC(C)(C)C)c1. The molecule has 0 aliphatic carbocycles. The molecule has 0 heterocycles. The van der Waals surface area contributed by atoms with E-state index < -0.39 is 34.1 Å². The Hall–Kier alpha value is -3.65. The number of carbonyl (C=O) groups is 2. The van der Waals surface area contributed by atoms with Gasteiger partial charge in [-0.25, -0.2) is 8.42 Å². The van der Waals surface area contributed by atoms with Gasteiger partial charge in [0.25, 0.3) is 0 Å². The van der Waals surface area contributed by atoms with E-state index in [1.807, 2.05) is 94.4 Å². The van der Waals surface area contributed by atoms with Gasteiger partial charge in [0, 0.05) is 18.5 Å². The highest BCUT2D eigenvalue weighted by atomic mass is 32.2. The molecule has 41 heavy (non-hydrogen) atoms. The number of hydrogen-bond acceptors (Lipinski definition) is 4. The molecule has 2 amide bonds. The number of nitrogens with zero attached hydrogens (tertiary/aromatic N) is 2. The Morgan fingerprint density at radius 2 is 1.49 bits per heavy atom. The molecule has 0 radical (unpaired) electrons. The van der Waals surface area contributed by atoms with Crippen molar-refractivity contribution >= 4 is 27.5 Å². The molecule has 0 fully saturated rings. The molecule has 1 atom stereocenters. The Labute approximate surface area is 245 Å². The van der Waals surface area contributed by atoms with Gasteiger partial charge in [0.15, 0.2) is 0 Å². The largest absolute Gasteiger partial charge is 0.350 e. The molecule has 3 rings (SSSR count). The van der Waals surface area contributed by atoms with Crippen molar-refractivity contribution in [3.63, 3.8) is 0 Å². The molecular weight excluding hydrogens is 534 g/mol. The fourth-order valence-corrected chi connectivity index (χ4v) is 5.50. The summed E-state index contributed by atoms with van der Waals surface area (Å²) in [6.45, 7) is 11.5. The Morgan fingerprint density at radius 1 is 0.878 bits per heavy atom. The molecule has 3 aromatic rings. The predicted molar refractivity (Wildman–Crippen MR) is 166 cm³/mol. The Kier molecular flexibility index (Phi) is 10.4. The van der Waals surface area contributed by atoms with Gasteiger partial charge in [-0.1, -0.05) is 86.1 Å². The van der Waals surface area contributed by atoms with E-state index in [2.05, 4.69) is 19.2 Å². The molecule has 0 saturated carbocycles. The zero-order valence-corrected chi connectivity index (χ0v) is 26.0. The number of amides is 2. The first-order chi connectivity index (χ1) is 19.1. The lowest BCUT2D eigenvalue weighted by atomic mass is 10.0. The average Bonchev–Trinajstić information content (AvgIpc) is 2.88. The number of carbonyl (C=O) groups excluding carboxylic acids is 2. The minimum Gasteiger partial charge on any atom is -0.350 e. The van der Waals surface area contributed by atoms with E-state index in [0.717, 1.165) is 32.8 Å². The molecule has 0 aliphatic rings. The van der Waals surface area contributed by atoms with Crippen LogP contribution in [0.15, 0.2) is 78.9 Å². The lowest BCUT2D eigenvalue weighted by molar-refractivity contribution is -0.140. The van der Waals surface area contributed by atoms with Crippen LogP contribution in [-0.4, -0.2) is 49.5 Å². The first-order valence-electron chi connectivity index (χ1n) is 13.9. The van der Waals surface area contributed by atoms with Gasteiger partial charge in [-0.2, -0.15) is 0 Å². The first-order valence-corrected chi connectivity index (χ1v) is 15.8. The fourth-order valence-electron chi connectivity index (χ4n) is 4.65. The number of sulfonamides is 1. The molecule has 220 valence electrons. The van der Waals surface area contributed by atoms with Crippen LogP contribution in [-0.2, 0) is 32.6 Å². The second-order valence-electron chi connectivity index (χ2n) is 12.0. The molecule has 8 heteroatoms. The Morgan fingerprint density at radius 3 is 2.02 bits per heavy atom. The van der Waals surface area contributed by atoms with E-state index in [9.17, 15) is 18.0 Å². The quantitative estimate of drug-likeness (QED) is 0.329. The van der Waals surface area contributed by atoms with Crippen molar-refractivity contribution < 1.29 is 18.0 Å². The third-order valence-electron chi connectivity index (χ3n) is 6.73. The third-order valence-corrected chi connectivity index (χ3v) is 7.87. The Balaban J connectivity index is 2.06. The van der Waals surface area contributed by atoms with E-state index in [4.69, 9.17) is 0 Å². The highest BCUT2D eigenvalue weighted by Crippen LogP contribution is 2.23. The highest BCUT2D eigenvalue weighted by molar-refractivity contribution is 7.92.